The molecular weight excluding hydrogens is 182 g/mol. The van der Waals surface area contributed by atoms with Crippen LogP contribution in [-0.2, 0) is 6.42 Å². The molecule has 0 spiro atoms. The van der Waals surface area contributed by atoms with E-state index in [1.807, 2.05) is 0 Å². The number of likely N-dealkylation sites (N-methyl/N-ethyl adjacent to an activating group) is 1. The quantitative estimate of drug-likeness (QED) is 0.725. The van der Waals surface area contributed by atoms with E-state index in [0.29, 0.717) is 6.04 Å². The molecule has 0 saturated heterocycles. The van der Waals surface area contributed by atoms with Crippen molar-refractivity contribution in [3.05, 3.63) is 47.5 Å². The maximum Gasteiger partial charge on any atom is 0.0314 e. The standard InChI is InChI=1S/C14H21N/c1-5-15-14(11(2)3)10-13-9-7-6-8-12(13)4/h6-9,14-15H,2,5,10H2,1,3-4H3. The van der Waals surface area contributed by atoms with Crippen molar-refractivity contribution in [3.63, 3.8) is 0 Å². The predicted molar refractivity (Wildman–Crippen MR) is 67.2 cm³/mol. The van der Waals surface area contributed by atoms with Crippen LogP contribution in [0.5, 0.6) is 0 Å². The summed E-state index contributed by atoms with van der Waals surface area (Å²) >= 11 is 0. The van der Waals surface area contributed by atoms with Gasteiger partial charge in [0.2, 0.25) is 0 Å². The van der Waals surface area contributed by atoms with Gasteiger partial charge in [-0.05, 0) is 37.9 Å². The Hall–Kier alpha value is -1.08. The lowest BCUT2D eigenvalue weighted by Crippen LogP contribution is -2.31. The molecule has 0 amide bonds. The molecule has 0 saturated carbocycles. The molecule has 1 N–H and O–H groups in total. The molecule has 0 heterocycles. The van der Waals surface area contributed by atoms with Crippen molar-refractivity contribution in [1.29, 1.82) is 0 Å². The summed E-state index contributed by atoms with van der Waals surface area (Å²) in [5.41, 5.74) is 3.98. The second-order valence-corrected chi connectivity index (χ2v) is 4.09. The molecule has 1 atom stereocenters. The zero-order chi connectivity index (χ0) is 11.3. The minimum atomic E-state index is 0.399. The molecule has 1 aromatic rings. The zero-order valence-electron chi connectivity index (χ0n) is 10.0. The fraction of sp³-hybridized carbons (Fsp3) is 0.429. The van der Waals surface area contributed by atoms with Gasteiger partial charge in [0.15, 0.2) is 0 Å². The number of hydrogen-bond acceptors (Lipinski definition) is 1. The first-order valence-corrected chi connectivity index (χ1v) is 5.58. The van der Waals surface area contributed by atoms with Gasteiger partial charge in [-0.25, -0.2) is 0 Å². The summed E-state index contributed by atoms with van der Waals surface area (Å²) in [5.74, 6) is 0. The summed E-state index contributed by atoms with van der Waals surface area (Å²) in [6.07, 6.45) is 1.04. The van der Waals surface area contributed by atoms with E-state index < -0.39 is 0 Å². The van der Waals surface area contributed by atoms with Crippen molar-refractivity contribution in [1.82, 2.24) is 5.32 Å². The first-order chi connectivity index (χ1) is 7.15. The highest BCUT2D eigenvalue weighted by Gasteiger charge is 2.09. The largest absolute Gasteiger partial charge is 0.310 e. The van der Waals surface area contributed by atoms with Crippen LogP contribution in [0.15, 0.2) is 36.4 Å². The van der Waals surface area contributed by atoms with E-state index in [2.05, 4.69) is 56.9 Å². The number of benzene rings is 1. The Balaban J connectivity index is 2.74. The first kappa shape index (κ1) is 12.0. The van der Waals surface area contributed by atoms with E-state index in [9.17, 15) is 0 Å². The van der Waals surface area contributed by atoms with Crippen LogP contribution in [0.4, 0.5) is 0 Å². The van der Waals surface area contributed by atoms with Gasteiger partial charge in [0.25, 0.3) is 0 Å². The lowest BCUT2D eigenvalue weighted by Gasteiger charge is -2.19. The number of rotatable bonds is 5. The summed E-state index contributed by atoms with van der Waals surface area (Å²) < 4.78 is 0. The molecule has 0 aromatic heterocycles. The first-order valence-electron chi connectivity index (χ1n) is 5.58. The summed E-state index contributed by atoms with van der Waals surface area (Å²) in [4.78, 5) is 0. The topological polar surface area (TPSA) is 12.0 Å². The van der Waals surface area contributed by atoms with Gasteiger partial charge in [-0.2, -0.15) is 0 Å². The monoisotopic (exact) mass is 203 g/mol. The Morgan fingerprint density at radius 2 is 2.07 bits per heavy atom. The van der Waals surface area contributed by atoms with Gasteiger partial charge in [-0.15, -0.1) is 0 Å². The van der Waals surface area contributed by atoms with Crippen molar-refractivity contribution in [2.45, 2.75) is 33.2 Å². The predicted octanol–water partition coefficient (Wildman–Crippen LogP) is 3.09. The molecule has 0 radical (unpaired) electrons. The SMILES string of the molecule is C=C(C)C(Cc1ccccc1C)NCC. The van der Waals surface area contributed by atoms with Crippen molar-refractivity contribution in [2.75, 3.05) is 6.54 Å². The van der Waals surface area contributed by atoms with Crippen LogP contribution in [0.3, 0.4) is 0 Å². The van der Waals surface area contributed by atoms with E-state index in [4.69, 9.17) is 0 Å². The fourth-order valence-corrected chi connectivity index (χ4v) is 1.73. The maximum absolute atomic E-state index is 4.04. The molecule has 1 rings (SSSR count). The van der Waals surface area contributed by atoms with E-state index in [1.54, 1.807) is 0 Å². The van der Waals surface area contributed by atoms with Crippen molar-refractivity contribution >= 4 is 0 Å². The molecule has 0 fully saturated rings. The Morgan fingerprint density at radius 3 is 2.60 bits per heavy atom. The molecule has 0 aliphatic heterocycles. The van der Waals surface area contributed by atoms with Crippen LogP contribution in [0, 0.1) is 6.92 Å². The van der Waals surface area contributed by atoms with E-state index in [0.717, 1.165) is 13.0 Å². The number of aryl methyl sites for hydroxylation is 1. The lowest BCUT2D eigenvalue weighted by molar-refractivity contribution is 0.586. The smallest absolute Gasteiger partial charge is 0.0314 e. The Morgan fingerprint density at radius 1 is 1.40 bits per heavy atom. The van der Waals surface area contributed by atoms with Gasteiger partial charge in [-0.3, -0.25) is 0 Å². The summed E-state index contributed by atoms with van der Waals surface area (Å²) in [7, 11) is 0. The molecule has 1 heteroatoms. The Kier molecular flexibility index (Phi) is 4.57. The molecule has 0 bridgehead atoms. The molecule has 0 aliphatic rings. The van der Waals surface area contributed by atoms with Gasteiger partial charge in [0, 0.05) is 6.04 Å². The second-order valence-electron chi connectivity index (χ2n) is 4.09. The number of hydrogen-bond donors (Lipinski definition) is 1. The van der Waals surface area contributed by atoms with Crippen molar-refractivity contribution in [2.24, 2.45) is 0 Å². The Labute approximate surface area is 93.2 Å². The van der Waals surface area contributed by atoms with Gasteiger partial charge < -0.3 is 5.32 Å². The van der Waals surface area contributed by atoms with Crippen LogP contribution < -0.4 is 5.32 Å². The van der Waals surface area contributed by atoms with E-state index >= 15 is 0 Å². The third kappa shape index (κ3) is 3.52. The van der Waals surface area contributed by atoms with Gasteiger partial charge in [0.1, 0.15) is 0 Å². The van der Waals surface area contributed by atoms with Crippen LogP contribution in [-0.4, -0.2) is 12.6 Å². The van der Waals surface area contributed by atoms with Crippen LogP contribution in [0.25, 0.3) is 0 Å². The highest BCUT2D eigenvalue weighted by atomic mass is 14.9. The molecule has 1 aromatic carbocycles. The summed E-state index contributed by atoms with van der Waals surface area (Å²) in [6, 6.07) is 8.95. The average Bonchev–Trinajstić information content (AvgIpc) is 2.20. The van der Waals surface area contributed by atoms with Gasteiger partial charge in [0.05, 0.1) is 0 Å². The van der Waals surface area contributed by atoms with Gasteiger partial charge >= 0.3 is 0 Å². The average molecular weight is 203 g/mol. The third-order valence-electron chi connectivity index (χ3n) is 2.73. The van der Waals surface area contributed by atoms with Crippen LogP contribution in [0.1, 0.15) is 25.0 Å². The maximum atomic E-state index is 4.04. The molecule has 15 heavy (non-hydrogen) atoms. The highest BCUT2D eigenvalue weighted by Crippen LogP contribution is 2.12. The highest BCUT2D eigenvalue weighted by molar-refractivity contribution is 5.27. The molecular formula is C14H21N. The normalized spacial score (nSPS) is 12.5. The van der Waals surface area contributed by atoms with Gasteiger partial charge in [-0.1, -0.05) is 43.3 Å². The van der Waals surface area contributed by atoms with Crippen molar-refractivity contribution < 1.29 is 0 Å². The third-order valence-corrected chi connectivity index (χ3v) is 2.73. The van der Waals surface area contributed by atoms with Crippen LogP contribution in [0.2, 0.25) is 0 Å². The van der Waals surface area contributed by atoms with Crippen LogP contribution >= 0.6 is 0 Å². The number of nitrogens with one attached hydrogen (secondary N) is 1. The Bertz CT molecular complexity index is 328. The molecule has 1 nitrogen and oxygen atoms in total. The lowest BCUT2D eigenvalue weighted by atomic mass is 9.97. The minimum Gasteiger partial charge on any atom is -0.310 e. The van der Waals surface area contributed by atoms with Crippen molar-refractivity contribution in [3.8, 4) is 0 Å². The van der Waals surface area contributed by atoms with E-state index in [-0.39, 0.29) is 0 Å². The molecule has 0 aliphatic carbocycles. The second kappa shape index (κ2) is 5.72. The minimum absolute atomic E-state index is 0.399. The summed E-state index contributed by atoms with van der Waals surface area (Å²) in [6.45, 7) is 11.4. The van der Waals surface area contributed by atoms with E-state index in [1.165, 1.54) is 16.7 Å². The molecule has 1 unspecified atom stereocenters. The summed E-state index contributed by atoms with van der Waals surface area (Å²) in [5, 5.41) is 3.46. The zero-order valence-corrected chi connectivity index (χ0v) is 10.0. The molecule has 82 valence electrons. The fourth-order valence-electron chi connectivity index (χ4n) is 1.73.